The van der Waals surface area contributed by atoms with Crippen LogP contribution in [-0.4, -0.2) is 29.7 Å². The zero-order valence-corrected chi connectivity index (χ0v) is 15.3. The van der Waals surface area contributed by atoms with Crippen LogP contribution in [0.1, 0.15) is 31.9 Å². The number of nitriles is 1. The summed E-state index contributed by atoms with van der Waals surface area (Å²) in [6.45, 7) is 5.97. The van der Waals surface area contributed by atoms with Gasteiger partial charge in [-0.2, -0.15) is 5.26 Å². The molecule has 0 radical (unpaired) electrons. The van der Waals surface area contributed by atoms with Crippen LogP contribution in [0.2, 0.25) is 0 Å². The van der Waals surface area contributed by atoms with Gasteiger partial charge in [-0.05, 0) is 49.2 Å². The molecule has 0 aromatic heterocycles. The van der Waals surface area contributed by atoms with Crippen molar-refractivity contribution in [2.75, 3.05) is 13.1 Å². The van der Waals surface area contributed by atoms with Gasteiger partial charge in [0.05, 0.1) is 12.3 Å². The summed E-state index contributed by atoms with van der Waals surface area (Å²) in [6.07, 6.45) is 2.32. The number of likely N-dealkylation sites (tertiary alicyclic amines) is 1. The SMILES string of the molecule is CC(C)(C)OC(=O)N1CC(C#N)(c2ccc(/C=C/N=O)cc2Br)C1. The lowest BCUT2D eigenvalue weighted by molar-refractivity contribution is -0.000547. The number of amides is 1. The summed E-state index contributed by atoms with van der Waals surface area (Å²) in [4.78, 5) is 23.7. The monoisotopic (exact) mass is 391 g/mol. The van der Waals surface area contributed by atoms with Crippen LogP contribution in [-0.2, 0) is 10.2 Å². The third kappa shape index (κ3) is 3.82. The highest BCUT2D eigenvalue weighted by Crippen LogP contribution is 2.39. The Kier molecular flexibility index (Phi) is 5.09. The van der Waals surface area contributed by atoms with Crippen LogP contribution in [0.15, 0.2) is 34.0 Å². The molecule has 0 atom stereocenters. The second kappa shape index (κ2) is 6.73. The van der Waals surface area contributed by atoms with E-state index in [4.69, 9.17) is 4.74 Å². The van der Waals surface area contributed by atoms with Crippen molar-refractivity contribution in [1.82, 2.24) is 4.90 Å². The van der Waals surface area contributed by atoms with Gasteiger partial charge in [-0.15, -0.1) is 4.91 Å². The molecule has 7 heteroatoms. The van der Waals surface area contributed by atoms with Crippen LogP contribution in [0.5, 0.6) is 0 Å². The number of nitroso groups, excluding NO2 is 1. The average Bonchev–Trinajstić information content (AvgIpc) is 2.44. The van der Waals surface area contributed by atoms with Gasteiger partial charge in [0, 0.05) is 17.6 Å². The molecule has 1 saturated heterocycles. The minimum absolute atomic E-state index is 0.280. The number of nitrogens with zero attached hydrogens (tertiary/aromatic N) is 3. The van der Waals surface area contributed by atoms with Crippen molar-refractivity contribution in [2.24, 2.45) is 5.18 Å². The van der Waals surface area contributed by atoms with Gasteiger partial charge in [0.25, 0.3) is 0 Å². The molecule has 6 nitrogen and oxygen atoms in total. The zero-order valence-electron chi connectivity index (χ0n) is 13.7. The Labute approximate surface area is 149 Å². The Morgan fingerprint density at radius 1 is 1.46 bits per heavy atom. The van der Waals surface area contributed by atoms with Crippen molar-refractivity contribution in [3.8, 4) is 6.07 Å². The quantitative estimate of drug-likeness (QED) is 0.722. The molecule has 126 valence electrons. The normalized spacial score (nSPS) is 16.4. The van der Waals surface area contributed by atoms with Crippen LogP contribution in [0, 0.1) is 16.2 Å². The van der Waals surface area contributed by atoms with Gasteiger partial charge in [0.1, 0.15) is 11.0 Å². The van der Waals surface area contributed by atoms with Gasteiger partial charge in [-0.3, -0.25) is 0 Å². The van der Waals surface area contributed by atoms with Gasteiger partial charge >= 0.3 is 6.09 Å². The number of rotatable bonds is 3. The van der Waals surface area contributed by atoms with Crippen LogP contribution < -0.4 is 0 Å². The largest absolute Gasteiger partial charge is 0.444 e. The minimum atomic E-state index is -0.763. The topological polar surface area (TPSA) is 82.8 Å². The van der Waals surface area contributed by atoms with Gasteiger partial charge in [-0.1, -0.05) is 28.1 Å². The molecule has 0 spiro atoms. The van der Waals surface area contributed by atoms with Crippen LogP contribution in [0.3, 0.4) is 0 Å². The maximum Gasteiger partial charge on any atom is 0.410 e. The first-order valence-electron chi connectivity index (χ1n) is 7.39. The highest BCUT2D eigenvalue weighted by molar-refractivity contribution is 9.10. The molecule has 0 unspecified atom stereocenters. The zero-order chi connectivity index (χ0) is 18.0. The lowest BCUT2D eigenvalue weighted by atomic mass is 9.75. The first kappa shape index (κ1) is 18.1. The Hall–Kier alpha value is -2.20. The summed E-state index contributed by atoms with van der Waals surface area (Å²) in [7, 11) is 0. The number of benzene rings is 1. The summed E-state index contributed by atoms with van der Waals surface area (Å²) in [6, 6.07) is 7.75. The van der Waals surface area contributed by atoms with E-state index in [-0.39, 0.29) is 13.1 Å². The Morgan fingerprint density at radius 3 is 2.62 bits per heavy atom. The number of hydrogen-bond donors (Lipinski definition) is 0. The third-order valence-corrected chi connectivity index (χ3v) is 4.28. The molecule has 0 N–H and O–H groups in total. The number of carbonyl (C=O) groups is 1. The molecule has 1 fully saturated rings. The van der Waals surface area contributed by atoms with Crippen molar-refractivity contribution in [2.45, 2.75) is 31.8 Å². The van der Waals surface area contributed by atoms with Crippen molar-refractivity contribution in [1.29, 1.82) is 5.26 Å². The molecule has 24 heavy (non-hydrogen) atoms. The number of ether oxygens (including phenoxy) is 1. The Bertz CT molecular complexity index is 726. The van der Waals surface area contributed by atoms with E-state index in [2.05, 4.69) is 27.2 Å². The molecular formula is C17H18BrN3O3. The summed E-state index contributed by atoms with van der Waals surface area (Å²) < 4.78 is 6.08. The molecule has 1 aromatic rings. The fourth-order valence-electron chi connectivity index (χ4n) is 2.50. The van der Waals surface area contributed by atoms with E-state index in [9.17, 15) is 15.0 Å². The maximum absolute atomic E-state index is 12.1. The van der Waals surface area contributed by atoms with Gasteiger partial charge in [0.15, 0.2) is 0 Å². The van der Waals surface area contributed by atoms with Gasteiger partial charge in [-0.25, -0.2) is 4.79 Å². The summed E-state index contributed by atoms with van der Waals surface area (Å²) in [5, 5.41) is 12.3. The van der Waals surface area contributed by atoms with Crippen LogP contribution in [0.25, 0.3) is 6.08 Å². The van der Waals surface area contributed by atoms with E-state index in [0.29, 0.717) is 0 Å². The standard InChI is InChI=1S/C17H18BrN3O3/c1-16(2,3)24-15(22)21-10-17(9-19,11-21)13-5-4-12(6-7-20-23)8-14(13)18/h4-8H,10-11H2,1-3H3/b7-6+. The first-order valence-corrected chi connectivity index (χ1v) is 8.18. The fourth-order valence-corrected chi connectivity index (χ4v) is 3.28. The molecule has 1 aliphatic heterocycles. The molecule has 0 bridgehead atoms. The van der Waals surface area contributed by atoms with E-state index in [1.165, 1.54) is 4.90 Å². The van der Waals surface area contributed by atoms with E-state index < -0.39 is 17.1 Å². The summed E-state index contributed by atoms with van der Waals surface area (Å²) in [5.41, 5.74) is 0.270. The van der Waals surface area contributed by atoms with E-state index in [1.807, 2.05) is 12.1 Å². The summed E-state index contributed by atoms with van der Waals surface area (Å²) in [5.74, 6) is 0. The third-order valence-electron chi connectivity index (χ3n) is 3.62. The number of hydrogen-bond acceptors (Lipinski definition) is 5. The fraction of sp³-hybridized carbons (Fsp3) is 0.412. The second-order valence-corrected chi connectivity index (χ2v) is 7.55. The molecule has 0 saturated carbocycles. The van der Waals surface area contributed by atoms with E-state index in [1.54, 1.807) is 32.9 Å². The highest BCUT2D eigenvalue weighted by Gasteiger charge is 2.49. The molecule has 1 amide bonds. The van der Waals surface area contributed by atoms with Crippen LogP contribution >= 0.6 is 15.9 Å². The number of carbonyl (C=O) groups excluding carboxylic acids is 1. The molecule has 1 heterocycles. The molecular weight excluding hydrogens is 374 g/mol. The molecule has 2 rings (SSSR count). The Morgan fingerprint density at radius 2 is 2.12 bits per heavy atom. The van der Waals surface area contributed by atoms with Crippen molar-refractivity contribution in [3.63, 3.8) is 0 Å². The predicted molar refractivity (Wildman–Crippen MR) is 94.1 cm³/mol. The molecule has 1 aliphatic rings. The smallest absolute Gasteiger partial charge is 0.410 e. The highest BCUT2D eigenvalue weighted by atomic mass is 79.9. The maximum atomic E-state index is 12.1. The summed E-state index contributed by atoms with van der Waals surface area (Å²) >= 11 is 3.47. The predicted octanol–water partition coefficient (Wildman–Crippen LogP) is 4.20. The molecule has 1 aromatic carbocycles. The van der Waals surface area contributed by atoms with Crippen molar-refractivity contribution < 1.29 is 9.53 Å². The van der Waals surface area contributed by atoms with E-state index in [0.717, 1.165) is 21.8 Å². The minimum Gasteiger partial charge on any atom is -0.444 e. The Balaban J connectivity index is 2.17. The lowest BCUT2D eigenvalue weighted by Gasteiger charge is -2.46. The van der Waals surface area contributed by atoms with Crippen molar-refractivity contribution in [3.05, 3.63) is 44.9 Å². The van der Waals surface area contributed by atoms with Gasteiger partial charge < -0.3 is 9.64 Å². The van der Waals surface area contributed by atoms with Crippen molar-refractivity contribution >= 4 is 28.1 Å². The number of halogens is 1. The van der Waals surface area contributed by atoms with Gasteiger partial charge in [0.2, 0.25) is 0 Å². The lowest BCUT2D eigenvalue weighted by Crippen LogP contribution is -2.61. The average molecular weight is 392 g/mol. The second-order valence-electron chi connectivity index (χ2n) is 6.69. The molecule has 0 aliphatic carbocycles. The van der Waals surface area contributed by atoms with Crippen LogP contribution in [0.4, 0.5) is 4.79 Å². The first-order chi connectivity index (χ1) is 11.2. The van der Waals surface area contributed by atoms with E-state index >= 15 is 0 Å².